The average molecular weight is 229 g/mol. The summed E-state index contributed by atoms with van der Waals surface area (Å²) < 4.78 is 5.02. The van der Waals surface area contributed by atoms with Gasteiger partial charge in [-0.2, -0.15) is 0 Å². The number of carbonyl (C=O) groups is 1. The maximum absolute atomic E-state index is 11.4. The van der Waals surface area contributed by atoms with Gasteiger partial charge in [0.25, 0.3) is 0 Å². The lowest BCUT2D eigenvalue weighted by molar-refractivity contribution is -0.126. The second kappa shape index (κ2) is 6.21. The molecule has 1 aliphatic carbocycles. The van der Waals surface area contributed by atoms with Crippen molar-refractivity contribution in [1.29, 1.82) is 0 Å². The van der Waals surface area contributed by atoms with E-state index in [2.05, 4.69) is 5.32 Å². The van der Waals surface area contributed by atoms with Crippen LogP contribution in [0, 0.1) is 5.41 Å². The van der Waals surface area contributed by atoms with E-state index in [4.69, 9.17) is 4.74 Å². The summed E-state index contributed by atoms with van der Waals surface area (Å²) in [6.07, 6.45) is 3.74. The van der Waals surface area contributed by atoms with Gasteiger partial charge in [-0.3, -0.25) is 4.79 Å². The molecule has 0 aromatic heterocycles. The summed E-state index contributed by atoms with van der Waals surface area (Å²) in [7, 11) is 0. The van der Waals surface area contributed by atoms with Crippen molar-refractivity contribution in [3.8, 4) is 0 Å². The Morgan fingerprint density at radius 1 is 1.56 bits per heavy atom. The zero-order chi connectivity index (χ0) is 12.0. The number of aliphatic hydroxyl groups excluding tert-OH is 1. The molecule has 0 aliphatic heterocycles. The molecule has 94 valence electrons. The highest BCUT2D eigenvalue weighted by atomic mass is 16.5. The van der Waals surface area contributed by atoms with Crippen LogP contribution < -0.4 is 5.32 Å². The minimum absolute atomic E-state index is 0.0964. The number of aliphatic hydroxyl groups is 1. The summed E-state index contributed by atoms with van der Waals surface area (Å²) in [6.45, 7) is 5.10. The summed E-state index contributed by atoms with van der Waals surface area (Å²) in [4.78, 5) is 11.4. The largest absolute Gasteiger partial charge is 0.392 e. The molecule has 4 heteroatoms. The fraction of sp³-hybridized carbons (Fsp3) is 0.917. The number of nitrogens with one attached hydrogen (secondary N) is 1. The summed E-state index contributed by atoms with van der Waals surface area (Å²) in [5, 5.41) is 12.8. The molecule has 2 atom stereocenters. The third-order valence-corrected chi connectivity index (χ3v) is 3.41. The van der Waals surface area contributed by atoms with E-state index >= 15 is 0 Å². The first kappa shape index (κ1) is 13.5. The van der Waals surface area contributed by atoms with Crippen molar-refractivity contribution in [2.75, 3.05) is 19.8 Å². The number of carbonyl (C=O) groups excluding carboxylic acids is 1. The van der Waals surface area contributed by atoms with E-state index in [9.17, 15) is 9.90 Å². The minimum atomic E-state index is -0.298. The number of hydrogen-bond acceptors (Lipinski definition) is 3. The van der Waals surface area contributed by atoms with Crippen molar-refractivity contribution in [2.45, 2.75) is 45.6 Å². The monoisotopic (exact) mass is 229 g/mol. The Hall–Kier alpha value is -0.610. The van der Waals surface area contributed by atoms with Crippen LogP contribution in [0.1, 0.15) is 39.5 Å². The van der Waals surface area contributed by atoms with Crippen molar-refractivity contribution < 1.29 is 14.6 Å². The van der Waals surface area contributed by atoms with Crippen LogP contribution in [0.25, 0.3) is 0 Å². The Morgan fingerprint density at radius 3 is 2.94 bits per heavy atom. The van der Waals surface area contributed by atoms with Crippen LogP contribution in [0.15, 0.2) is 0 Å². The molecule has 2 N–H and O–H groups in total. The predicted octanol–water partition coefficient (Wildman–Crippen LogP) is 1.08. The molecule has 0 unspecified atom stereocenters. The third kappa shape index (κ3) is 3.76. The molecular formula is C12H23NO3. The quantitative estimate of drug-likeness (QED) is 0.741. The summed E-state index contributed by atoms with van der Waals surface area (Å²) in [5.41, 5.74) is -0.167. The highest BCUT2D eigenvalue weighted by molar-refractivity contribution is 5.77. The van der Waals surface area contributed by atoms with Gasteiger partial charge < -0.3 is 15.2 Å². The van der Waals surface area contributed by atoms with E-state index in [0.29, 0.717) is 13.2 Å². The van der Waals surface area contributed by atoms with Gasteiger partial charge in [0, 0.05) is 18.6 Å². The number of rotatable bonds is 5. The Morgan fingerprint density at radius 2 is 2.31 bits per heavy atom. The highest BCUT2D eigenvalue weighted by Crippen LogP contribution is 2.35. The van der Waals surface area contributed by atoms with Gasteiger partial charge in [-0.1, -0.05) is 19.8 Å². The van der Waals surface area contributed by atoms with Gasteiger partial charge in [-0.15, -0.1) is 0 Å². The van der Waals surface area contributed by atoms with Crippen molar-refractivity contribution in [3.05, 3.63) is 0 Å². The molecule has 0 radical (unpaired) electrons. The van der Waals surface area contributed by atoms with E-state index < -0.39 is 0 Å². The van der Waals surface area contributed by atoms with Crippen molar-refractivity contribution in [1.82, 2.24) is 5.32 Å². The van der Waals surface area contributed by atoms with Gasteiger partial charge in [-0.25, -0.2) is 0 Å². The first-order valence-electron chi connectivity index (χ1n) is 6.11. The normalized spacial score (nSPS) is 30.1. The Balaban J connectivity index is 2.32. The van der Waals surface area contributed by atoms with Crippen molar-refractivity contribution >= 4 is 5.91 Å². The van der Waals surface area contributed by atoms with Crippen molar-refractivity contribution in [3.63, 3.8) is 0 Å². The van der Waals surface area contributed by atoms with Gasteiger partial charge in [0.2, 0.25) is 5.91 Å². The van der Waals surface area contributed by atoms with E-state index in [1.165, 1.54) is 0 Å². The van der Waals surface area contributed by atoms with Crippen LogP contribution >= 0.6 is 0 Å². The SMILES string of the molecule is CCOCC(=O)NC[C@@]1(C)CCCC[C@H]1O. The van der Waals surface area contributed by atoms with E-state index in [-0.39, 0.29) is 24.0 Å². The smallest absolute Gasteiger partial charge is 0.246 e. The fourth-order valence-corrected chi connectivity index (χ4v) is 2.13. The number of ether oxygens (including phenoxy) is 1. The lowest BCUT2D eigenvalue weighted by atomic mass is 9.73. The Labute approximate surface area is 97.4 Å². The van der Waals surface area contributed by atoms with E-state index in [0.717, 1.165) is 25.7 Å². The topological polar surface area (TPSA) is 58.6 Å². The van der Waals surface area contributed by atoms with Crippen LogP contribution in [-0.2, 0) is 9.53 Å². The van der Waals surface area contributed by atoms with Gasteiger partial charge >= 0.3 is 0 Å². The zero-order valence-corrected chi connectivity index (χ0v) is 10.3. The molecule has 0 aromatic rings. The predicted molar refractivity (Wildman–Crippen MR) is 62.1 cm³/mol. The van der Waals surface area contributed by atoms with Gasteiger partial charge in [-0.05, 0) is 19.8 Å². The lowest BCUT2D eigenvalue weighted by Crippen LogP contribution is -2.45. The first-order valence-corrected chi connectivity index (χ1v) is 6.11. The van der Waals surface area contributed by atoms with E-state index in [1.807, 2.05) is 13.8 Å². The highest BCUT2D eigenvalue weighted by Gasteiger charge is 2.35. The maximum atomic E-state index is 11.4. The second-order valence-electron chi connectivity index (χ2n) is 4.83. The van der Waals surface area contributed by atoms with E-state index in [1.54, 1.807) is 0 Å². The molecule has 1 saturated carbocycles. The molecule has 0 spiro atoms. The van der Waals surface area contributed by atoms with Crippen molar-refractivity contribution in [2.24, 2.45) is 5.41 Å². The first-order chi connectivity index (χ1) is 7.58. The standard InChI is InChI=1S/C12H23NO3/c1-3-16-8-11(15)13-9-12(2)7-5-4-6-10(12)14/h10,14H,3-9H2,1-2H3,(H,13,15)/t10-,12-/m1/s1. The molecule has 0 heterocycles. The van der Waals surface area contributed by atoms with Gasteiger partial charge in [0.1, 0.15) is 6.61 Å². The molecule has 1 rings (SSSR count). The zero-order valence-electron chi connectivity index (χ0n) is 10.3. The van der Waals surface area contributed by atoms with Crippen LogP contribution in [0.2, 0.25) is 0 Å². The molecule has 1 aliphatic rings. The molecule has 16 heavy (non-hydrogen) atoms. The Kier molecular flexibility index (Phi) is 5.22. The van der Waals surface area contributed by atoms with Crippen LogP contribution in [-0.4, -0.2) is 36.9 Å². The molecule has 4 nitrogen and oxygen atoms in total. The third-order valence-electron chi connectivity index (χ3n) is 3.41. The van der Waals surface area contributed by atoms with Crippen LogP contribution in [0.4, 0.5) is 0 Å². The summed E-state index contributed by atoms with van der Waals surface area (Å²) in [6, 6.07) is 0. The number of amides is 1. The maximum Gasteiger partial charge on any atom is 0.246 e. The molecule has 0 bridgehead atoms. The molecule has 1 amide bonds. The fourth-order valence-electron chi connectivity index (χ4n) is 2.13. The second-order valence-corrected chi connectivity index (χ2v) is 4.83. The molecular weight excluding hydrogens is 206 g/mol. The van der Waals surface area contributed by atoms with Gasteiger partial charge in [0.15, 0.2) is 0 Å². The molecule has 1 fully saturated rings. The molecule has 0 aromatic carbocycles. The minimum Gasteiger partial charge on any atom is -0.392 e. The molecule has 0 saturated heterocycles. The number of hydrogen-bond donors (Lipinski definition) is 2. The average Bonchev–Trinajstić information content (AvgIpc) is 2.28. The Bertz CT molecular complexity index is 232. The van der Waals surface area contributed by atoms with Gasteiger partial charge in [0.05, 0.1) is 6.10 Å². The van der Waals surface area contributed by atoms with Crippen LogP contribution in [0.5, 0.6) is 0 Å². The summed E-state index contributed by atoms with van der Waals surface area (Å²) >= 11 is 0. The lowest BCUT2D eigenvalue weighted by Gasteiger charge is -2.38. The summed E-state index contributed by atoms with van der Waals surface area (Å²) in [5.74, 6) is -0.0964. The van der Waals surface area contributed by atoms with Crippen LogP contribution in [0.3, 0.4) is 0 Å².